The van der Waals surface area contributed by atoms with Gasteiger partial charge in [0.15, 0.2) is 0 Å². The number of para-hydroxylation sites is 1. The van der Waals surface area contributed by atoms with Crippen LogP contribution in [0.15, 0.2) is 51.8 Å². The van der Waals surface area contributed by atoms with E-state index in [1.54, 1.807) is 17.6 Å². The lowest BCUT2D eigenvalue weighted by atomic mass is 10.0. The van der Waals surface area contributed by atoms with Gasteiger partial charge in [-0.2, -0.15) is 11.3 Å². The minimum atomic E-state index is 0.0725. The largest absolute Gasteiger partial charge is 0.464 e. The molecule has 0 fully saturated rings. The Morgan fingerprint density at radius 1 is 1.28 bits per heavy atom. The third-order valence-electron chi connectivity index (χ3n) is 3.11. The third kappa shape index (κ3) is 2.06. The molecule has 0 radical (unpaired) electrons. The highest BCUT2D eigenvalue weighted by Crippen LogP contribution is 2.28. The summed E-state index contributed by atoms with van der Waals surface area (Å²) in [5.74, 6) is 5.68. The second-order valence-corrected chi connectivity index (χ2v) is 5.02. The molecule has 0 amide bonds. The van der Waals surface area contributed by atoms with Crippen molar-refractivity contribution < 1.29 is 4.42 Å². The number of benzene rings is 1. The summed E-state index contributed by atoms with van der Waals surface area (Å²) in [5.41, 5.74) is 6.18. The van der Waals surface area contributed by atoms with Gasteiger partial charge >= 0.3 is 0 Å². The summed E-state index contributed by atoms with van der Waals surface area (Å²) in [4.78, 5) is 0. The number of hydrogen-bond donors (Lipinski definition) is 2. The number of furan rings is 1. The zero-order chi connectivity index (χ0) is 12.4. The highest BCUT2D eigenvalue weighted by molar-refractivity contribution is 7.07. The fourth-order valence-corrected chi connectivity index (χ4v) is 2.85. The van der Waals surface area contributed by atoms with Crippen LogP contribution in [0, 0.1) is 0 Å². The summed E-state index contributed by atoms with van der Waals surface area (Å²) >= 11 is 1.70. The molecule has 2 heterocycles. The minimum absolute atomic E-state index is 0.0725. The molecule has 0 bridgehead atoms. The lowest BCUT2D eigenvalue weighted by Gasteiger charge is -2.13. The molecule has 3 aromatic rings. The predicted molar refractivity (Wildman–Crippen MR) is 74.3 cm³/mol. The summed E-state index contributed by atoms with van der Waals surface area (Å²) in [7, 11) is 0. The average molecular weight is 258 g/mol. The van der Waals surface area contributed by atoms with Crippen molar-refractivity contribution in [2.75, 3.05) is 0 Å². The van der Waals surface area contributed by atoms with Crippen LogP contribution in [-0.2, 0) is 6.42 Å². The van der Waals surface area contributed by atoms with Gasteiger partial charge in [0.05, 0.1) is 12.3 Å². The molecule has 0 spiro atoms. The number of thiophene rings is 1. The van der Waals surface area contributed by atoms with Gasteiger partial charge in [-0.25, -0.2) is 0 Å². The van der Waals surface area contributed by atoms with E-state index < -0.39 is 0 Å². The van der Waals surface area contributed by atoms with E-state index in [-0.39, 0.29) is 6.04 Å². The zero-order valence-corrected chi connectivity index (χ0v) is 10.6. The van der Waals surface area contributed by atoms with E-state index in [0.29, 0.717) is 0 Å². The van der Waals surface area contributed by atoms with Gasteiger partial charge in [-0.1, -0.05) is 18.2 Å². The fourth-order valence-electron chi connectivity index (χ4n) is 2.17. The van der Waals surface area contributed by atoms with Crippen molar-refractivity contribution in [1.82, 2.24) is 5.43 Å². The molecule has 3 rings (SSSR count). The quantitative estimate of drug-likeness (QED) is 0.558. The summed E-state index contributed by atoms with van der Waals surface area (Å²) in [6, 6.07) is 10.2. The first kappa shape index (κ1) is 11.5. The number of hydrazine groups is 1. The normalized spacial score (nSPS) is 12.9. The molecule has 1 atom stereocenters. The van der Waals surface area contributed by atoms with Crippen molar-refractivity contribution in [3.05, 3.63) is 58.5 Å². The van der Waals surface area contributed by atoms with E-state index in [2.05, 4.69) is 28.3 Å². The second-order valence-electron chi connectivity index (χ2n) is 4.24. The monoisotopic (exact) mass is 258 g/mol. The van der Waals surface area contributed by atoms with Crippen LogP contribution in [0.5, 0.6) is 0 Å². The average Bonchev–Trinajstić information content (AvgIpc) is 3.05. The maximum atomic E-state index is 5.68. The van der Waals surface area contributed by atoms with Gasteiger partial charge in [-0.05, 0) is 34.9 Å². The van der Waals surface area contributed by atoms with Crippen molar-refractivity contribution in [2.24, 2.45) is 5.84 Å². The Morgan fingerprint density at radius 2 is 2.17 bits per heavy atom. The van der Waals surface area contributed by atoms with Gasteiger partial charge < -0.3 is 4.42 Å². The van der Waals surface area contributed by atoms with Crippen LogP contribution in [-0.4, -0.2) is 0 Å². The van der Waals surface area contributed by atoms with E-state index in [4.69, 9.17) is 10.3 Å². The van der Waals surface area contributed by atoms with Gasteiger partial charge in [0.25, 0.3) is 0 Å². The molecular weight excluding hydrogens is 244 g/mol. The number of nitrogens with one attached hydrogen (secondary N) is 1. The van der Waals surface area contributed by atoms with E-state index in [1.807, 2.05) is 18.2 Å². The number of nitrogens with two attached hydrogens (primary N) is 1. The molecule has 0 aliphatic rings. The van der Waals surface area contributed by atoms with Crippen molar-refractivity contribution in [2.45, 2.75) is 12.5 Å². The van der Waals surface area contributed by atoms with Gasteiger partial charge in [-0.3, -0.25) is 11.3 Å². The van der Waals surface area contributed by atoms with Gasteiger partial charge in [0.1, 0.15) is 5.58 Å². The van der Waals surface area contributed by atoms with Gasteiger partial charge in [0.2, 0.25) is 0 Å². The molecular formula is C14H14N2OS. The first-order valence-corrected chi connectivity index (χ1v) is 6.76. The minimum Gasteiger partial charge on any atom is -0.464 e. The molecule has 4 heteroatoms. The van der Waals surface area contributed by atoms with Crippen molar-refractivity contribution in [3.63, 3.8) is 0 Å². The summed E-state index contributed by atoms with van der Waals surface area (Å²) in [5, 5.41) is 5.35. The Morgan fingerprint density at radius 3 is 2.94 bits per heavy atom. The highest BCUT2D eigenvalue weighted by atomic mass is 32.1. The summed E-state index contributed by atoms with van der Waals surface area (Å²) in [6.45, 7) is 0. The molecule has 1 unspecified atom stereocenters. The summed E-state index contributed by atoms with van der Waals surface area (Å²) in [6.07, 6.45) is 2.66. The van der Waals surface area contributed by atoms with Crippen molar-refractivity contribution >= 4 is 22.3 Å². The fraction of sp³-hybridized carbons (Fsp3) is 0.143. The van der Waals surface area contributed by atoms with Gasteiger partial charge in [-0.15, -0.1) is 0 Å². The molecule has 2 aromatic heterocycles. The van der Waals surface area contributed by atoms with Crippen LogP contribution < -0.4 is 11.3 Å². The van der Waals surface area contributed by atoms with E-state index in [1.165, 1.54) is 5.56 Å². The van der Waals surface area contributed by atoms with Crippen LogP contribution in [0.4, 0.5) is 0 Å². The lowest BCUT2D eigenvalue weighted by molar-refractivity contribution is 0.537. The highest BCUT2D eigenvalue weighted by Gasteiger charge is 2.16. The Labute approximate surface area is 109 Å². The molecule has 0 aliphatic carbocycles. The number of fused-ring (bicyclic) bond motifs is 1. The van der Waals surface area contributed by atoms with E-state index in [9.17, 15) is 0 Å². The van der Waals surface area contributed by atoms with Crippen LogP contribution in [0.25, 0.3) is 11.0 Å². The standard InChI is InChI=1S/C14H14N2OS/c15-16-13(7-10-5-6-18-9-10)12-8-17-14-4-2-1-3-11(12)14/h1-6,8-9,13,16H,7,15H2. The van der Waals surface area contributed by atoms with Crippen LogP contribution in [0.2, 0.25) is 0 Å². The molecule has 0 saturated carbocycles. The Balaban J connectivity index is 1.96. The maximum absolute atomic E-state index is 5.68. The molecule has 92 valence electrons. The smallest absolute Gasteiger partial charge is 0.134 e. The number of rotatable bonds is 4. The Kier molecular flexibility index (Phi) is 3.15. The molecule has 0 aliphatic heterocycles. The maximum Gasteiger partial charge on any atom is 0.134 e. The molecule has 18 heavy (non-hydrogen) atoms. The Bertz CT molecular complexity index is 630. The van der Waals surface area contributed by atoms with Crippen molar-refractivity contribution in [1.29, 1.82) is 0 Å². The third-order valence-corrected chi connectivity index (χ3v) is 3.84. The van der Waals surface area contributed by atoms with Crippen molar-refractivity contribution in [3.8, 4) is 0 Å². The van der Waals surface area contributed by atoms with Crippen LogP contribution >= 0.6 is 11.3 Å². The van der Waals surface area contributed by atoms with Crippen LogP contribution in [0.1, 0.15) is 17.2 Å². The van der Waals surface area contributed by atoms with Crippen LogP contribution in [0.3, 0.4) is 0 Å². The first-order valence-electron chi connectivity index (χ1n) is 5.82. The molecule has 0 saturated heterocycles. The second kappa shape index (κ2) is 4.94. The first-order chi connectivity index (χ1) is 8.88. The van der Waals surface area contributed by atoms with E-state index in [0.717, 1.165) is 23.0 Å². The molecule has 1 aromatic carbocycles. The van der Waals surface area contributed by atoms with E-state index >= 15 is 0 Å². The topological polar surface area (TPSA) is 51.2 Å². The zero-order valence-electron chi connectivity index (χ0n) is 9.80. The van der Waals surface area contributed by atoms with Gasteiger partial charge in [0, 0.05) is 10.9 Å². The predicted octanol–water partition coefficient (Wildman–Crippen LogP) is 3.24. The molecule has 3 nitrogen and oxygen atoms in total. The number of hydrogen-bond acceptors (Lipinski definition) is 4. The SMILES string of the molecule is NNC(Cc1ccsc1)c1coc2ccccc12. The summed E-state index contributed by atoms with van der Waals surface area (Å²) < 4.78 is 5.56. The molecule has 3 N–H and O–H groups in total. The lowest BCUT2D eigenvalue weighted by Crippen LogP contribution is -2.29. The Hall–Kier alpha value is -1.62.